The lowest BCUT2D eigenvalue weighted by Gasteiger charge is -2.09. The number of hydrogen-bond acceptors (Lipinski definition) is 3. The Morgan fingerprint density at radius 2 is 2.04 bits per heavy atom. The van der Waals surface area contributed by atoms with Gasteiger partial charge in [0.05, 0.1) is 0 Å². The predicted octanol–water partition coefficient (Wildman–Crippen LogP) is 2.62. The quantitative estimate of drug-likeness (QED) is 0.727. The van der Waals surface area contributed by atoms with Crippen LogP contribution in [-0.2, 0) is 13.0 Å². The zero-order valence-corrected chi connectivity index (χ0v) is 14.1. The zero-order chi connectivity index (χ0) is 17.5. The van der Waals surface area contributed by atoms with E-state index in [0.29, 0.717) is 19.5 Å². The van der Waals surface area contributed by atoms with E-state index in [4.69, 9.17) is 0 Å². The summed E-state index contributed by atoms with van der Waals surface area (Å²) in [5, 5.41) is 5.72. The Hall–Kier alpha value is -3.15. The minimum absolute atomic E-state index is 0.174. The van der Waals surface area contributed by atoms with Crippen LogP contribution in [0, 0.1) is 6.92 Å². The summed E-state index contributed by atoms with van der Waals surface area (Å²) in [7, 11) is 0. The minimum Gasteiger partial charge on any atom is -0.338 e. The maximum atomic E-state index is 11.9. The fourth-order valence-corrected chi connectivity index (χ4v) is 2.52. The number of aryl methyl sites for hydroxylation is 1. The van der Waals surface area contributed by atoms with Crippen LogP contribution in [0.4, 0.5) is 4.79 Å². The van der Waals surface area contributed by atoms with E-state index in [1.807, 2.05) is 54.1 Å². The average Bonchev–Trinajstić information content (AvgIpc) is 3.15. The van der Waals surface area contributed by atoms with Crippen molar-refractivity contribution in [1.82, 2.24) is 25.2 Å². The highest BCUT2D eigenvalue weighted by Crippen LogP contribution is 2.05. The molecule has 0 atom stereocenters. The SMILES string of the molecule is Cc1cccc(CNC(=O)NCCc2cccc(-n3ccnc3)n2)c1. The molecule has 25 heavy (non-hydrogen) atoms. The molecule has 128 valence electrons. The van der Waals surface area contributed by atoms with Crippen LogP contribution in [-0.4, -0.2) is 27.1 Å². The van der Waals surface area contributed by atoms with Gasteiger partial charge in [0.15, 0.2) is 0 Å². The Morgan fingerprint density at radius 3 is 2.84 bits per heavy atom. The lowest BCUT2D eigenvalue weighted by Crippen LogP contribution is -2.36. The molecule has 2 amide bonds. The van der Waals surface area contributed by atoms with Gasteiger partial charge in [0, 0.05) is 37.6 Å². The lowest BCUT2D eigenvalue weighted by molar-refractivity contribution is 0.240. The second-order valence-corrected chi connectivity index (χ2v) is 5.81. The summed E-state index contributed by atoms with van der Waals surface area (Å²) in [6.45, 7) is 3.08. The van der Waals surface area contributed by atoms with Crippen LogP contribution in [0.1, 0.15) is 16.8 Å². The summed E-state index contributed by atoms with van der Waals surface area (Å²) in [4.78, 5) is 20.5. The summed E-state index contributed by atoms with van der Waals surface area (Å²) in [6, 6.07) is 13.7. The molecule has 0 saturated carbocycles. The Balaban J connectivity index is 1.45. The normalized spacial score (nSPS) is 10.4. The molecule has 3 aromatic rings. The Kier molecular flexibility index (Phi) is 5.41. The number of amides is 2. The van der Waals surface area contributed by atoms with Crippen LogP contribution in [0.2, 0.25) is 0 Å². The van der Waals surface area contributed by atoms with Gasteiger partial charge in [-0.2, -0.15) is 0 Å². The van der Waals surface area contributed by atoms with E-state index in [2.05, 4.69) is 26.7 Å². The van der Waals surface area contributed by atoms with Crippen molar-refractivity contribution in [1.29, 1.82) is 0 Å². The third-order valence-corrected chi connectivity index (χ3v) is 3.76. The number of hydrogen-bond donors (Lipinski definition) is 2. The molecule has 0 spiro atoms. The molecule has 6 nitrogen and oxygen atoms in total. The summed E-state index contributed by atoms with van der Waals surface area (Å²) in [5.41, 5.74) is 3.19. The molecule has 6 heteroatoms. The van der Waals surface area contributed by atoms with E-state index in [-0.39, 0.29) is 6.03 Å². The van der Waals surface area contributed by atoms with Gasteiger partial charge in [-0.1, -0.05) is 35.9 Å². The molecule has 1 aromatic carbocycles. The molecule has 0 aliphatic rings. The van der Waals surface area contributed by atoms with Gasteiger partial charge in [-0.25, -0.2) is 14.8 Å². The molecule has 0 aliphatic carbocycles. The van der Waals surface area contributed by atoms with E-state index in [1.54, 1.807) is 12.5 Å². The van der Waals surface area contributed by atoms with Gasteiger partial charge >= 0.3 is 6.03 Å². The number of pyridine rings is 1. The summed E-state index contributed by atoms with van der Waals surface area (Å²) in [5.74, 6) is 0.818. The molecule has 0 fully saturated rings. The highest BCUT2D eigenvalue weighted by Gasteiger charge is 2.03. The van der Waals surface area contributed by atoms with Gasteiger partial charge in [-0.3, -0.25) is 4.57 Å². The number of rotatable bonds is 6. The maximum Gasteiger partial charge on any atom is 0.315 e. The van der Waals surface area contributed by atoms with Crippen LogP contribution >= 0.6 is 0 Å². The first-order valence-electron chi connectivity index (χ1n) is 8.22. The second kappa shape index (κ2) is 8.10. The fourth-order valence-electron chi connectivity index (χ4n) is 2.52. The fraction of sp³-hybridized carbons (Fsp3) is 0.211. The molecule has 2 heterocycles. The highest BCUT2D eigenvalue weighted by atomic mass is 16.2. The summed E-state index contributed by atoms with van der Waals surface area (Å²) >= 11 is 0. The first-order chi connectivity index (χ1) is 12.2. The molecule has 0 aliphatic heterocycles. The topological polar surface area (TPSA) is 71.8 Å². The van der Waals surface area contributed by atoms with Crippen LogP contribution in [0.3, 0.4) is 0 Å². The molecule has 3 rings (SSSR count). The van der Waals surface area contributed by atoms with Crippen molar-refractivity contribution in [3.63, 3.8) is 0 Å². The van der Waals surface area contributed by atoms with Crippen LogP contribution in [0.25, 0.3) is 5.82 Å². The third kappa shape index (κ3) is 4.91. The number of carbonyl (C=O) groups excluding carboxylic acids is 1. The Bertz CT molecular complexity index is 829. The monoisotopic (exact) mass is 335 g/mol. The van der Waals surface area contributed by atoms with Crippen molar-refractivity contribution in [2.45, 2.75) is 19.9 Å². The molecule has 0 radical (unpaired) electrons. The lowest BCUT2D eigenvalue weighted by atomic mass is 10.1. The van der Waals surface area contributed by atoms with Crippen molar-refractivity contribution >= 4 is 6.03 Å². The van der Waals surface area contributed by atoms with Crippen LogP contribution in [0.5, 0.6) is 0 Å². The molecular weight excluding hydrogens is 314 g/mol. The number of carbonyl (C=O) groups is 1. The number of nitrogens with zero attached hydrogens (tertiary/aromatic N) is 3. The van der Waals surface area contributed by atoms with E-state index in [1.165, 1.54) is 5.56 Å². The number of aromatic nitrogens is 3. The number of nitrogens with one attached hydrogen (secondary N) is 2. The van der Waals surface area contributed by atoms with Gasteiger partial charge < -0.3 is 10.6 Å². The summed E-state index contributed by atoms with van der Waals surface area (Å²) in [6.07, 6.45) is 5.95. The zero-order valence-electron chi connectivity index (χ0n) is 14.1. The largest absolute Gasteiger partial charge is 0.338 e. The number of imidazole rings is 1. The van der Waals surface area contributed by atoms with Gasteiger partial charge in [0.25, 0.3) is 0 Å². The smallest absolute Gasteiger partial charge is 0.315 e. The van der Waals surface area contributed by atoms with Gasteiger partial charge in [-0.05, 0) is 24.6 Å². The van der Waals surface area contributed by atoms with Crippen LogP contribution in [0.15, 0.2) is 61.2 Å². The molecule has 0 unspecified atom stereocenters. The predicted molar refractivity (Wildman–Crippen MR) is 96.5 cm³/mol. The minimum atomic E-state index is -0.174. The molecule has 2 N–H and O–H groups in total. The van der Waals surface area contributed by atoms with Gasteiger partial charge in [0.2, 0.25) is 0 Å². The maximum absolute atomic E-state index is 11.9. The van der Waals surface area contributed by atoms with Crippen molar-refractivity contribution in [2.75, 3.05) is 6.54 Å². The number of benzene rings is 1. The number of urea groups is 1. The second-order valence-electron chi connectivity index (χ2n) is 5.81. The standard InChI is InChI=1S/C19H21N5O/c1-15-4-2-5-16(12-15)13-22-19(25)21-9-8-17-6-3-7-18(23-17)24-11-10-20-14-24/h2-7,10-12,14H,8-9,13H2,1H3,(H2,21,22,25). The van der Waals surface area contributed by atoms with Crippen molar-refractivity contribution in [3.05, 3.63) is 78.0 Å². The van der Waals surface area contributed by atoms with Crippen molar-refractivity contribution in [3.8, 4) is 5.82 Å². The summed E-state index contributed by atoms with van der Waals surface area (Å²) < 4.78 is 1.85. The van der Waals surface area contributed by atoms with Crippen molar-refractivity contribution in [2.24, 2.45) is 0 Å². The first-order valence-corrected chi connectivity index (χ1v) is 8.22. The van der Waals surface area contributed by atoms with E-state index in [9.17, 15) is 4.79 Å². The molecule has 0 bridgehead atoms. The molecular formula is C19H21N5O. The molecule has 0 saturated heterocycles. The van der Waals surface area contributed by atoms with E-state index in [0.717, 1.165) is 17.1 Å². The van der Waals surface area contributed by atoms with Crippen LogP contribution < -0.4 is 10.6 Å². The van der Waals surface area contributed by atoms with E-state index < -0.39 is 0 Å². The Morgan fingerprint density at radius 1 is 1.16 bits per heavy atom. The first kappa shape index (κ1) is 16.7. The average molecular weight is 335 g/mol. The van der Waals surface area contributed by atoms with E-state index >= 15 is 0 Å². The molecule has 2 aromatic heterocycles. The Labute approximate surface area is 146 Å². The van der Waals surface area contributed by atoms with Crippen molar-refractivity contribution < 1.29 is 4.79 Å². The van der Waals surface area contributed by atoms with Gasteiger partial charge in [0.1, 0.15) is 12.1 Å². The highest BCUT2D eigenvalue weighted by molar-refractivity contribution is 5.73. The van der Waals surface area contributed by atoms with Gasteiger partial charge in [-0.15, -0.1) is 0 Å². The third-order valence-electron chi connectivity index (χ3n) is 3.76.